The van der Waals surface area contributed by atoms with Crippen LogP contribution in [0, 0.1) is 25.5 Å². The van der Waals surface area contributed by atoms with Crippen molar-refractivity contribution in [2.45, 2.75) is 26.7 Å². The molecule has 0 aliphatic carbocycles. The number of aryl methyl sites for hydroxylation is 2. The number of aromatic nitrogens is 2. The Hall–Kier alpha value is -2.19. The number of amides is 1. The van der Waals surface area contributed by atoms with E-state index >= 15 is 0 Å². The Balaban J connectivity index is 1.79. The molecule has 3 rings (SSSR count). The zero-order chi connectivity index (χ0) is 18.1. The predicted octanol–water partition coefficient (Wildman–Crippen LogP) is 4.90. The summed E-state index contributed by atoms with van der Waals surface area (Å²) in [6, 6.07) is 3.54. The van der Waals surface area contributed by atoms with Crippen LogP contribution >= 0.6 is 22.7 Å². The van der Waals surface area contributed by atoms with Crippen molar-refractivity contribution in [3.8, 4) is 10.6 Å². The fourth-order valence-electron chi connectivity index (χ4n) is 2.47. The van der Waals surface area contributed by atoms with Crippen LogP contribution in [0.2, 0.25) is 0 Å². The fourth-order valence-corrected chi connectivity index (χ4v) is 4.13. The Morgan fingerprint density at radius 2 is 1.88 bits per heavy atom. The molecule has 130 valence electrons. The number of rotatable bonds is 4. The molecular formula is C17H15F2N3OS2. The number of nitrogens with zero attached hydrogens (tertiary/aromatic N) is 2. The zero-order valence-corrected chi connectivity index (χ0v) is 15.4. The van der Waals surface area contributed by atoms with Crippen molar-refractivity contribution in [2.24, 2.45) is 0 Å². The number of nitrogens with one attached hydrogen (secondary N) is 1. The molecule has 3 aromatic rings. The van der Waals surface area contributed by atoms with Gasteiger partial charge >= 0.3 is 0 Å². The average Bonchev–Trinajstić information content (AvgIpc) is 3.12. The van der Waals surface area contributed by atoms with Gasteiger partial charge < -0.3 is 5.32 Å². The highest BCUT2D eigenvalue weighted by Gasteiger charge is 2.23. The van der Waals surface area contributed by atoms with Crippen molar-refractivity contribution < 1.29 is 13.6 Å². The predicted molar refractivity (Wildman–Crippen MR) is 96.1 cm³/mol. The third-order valence-corrected chi connectivity index (χ3v) is 5.55. The van der Waals surface area contributed by atoms with Crippen LogP contribution in [-0.4, -0.2) is 15.9 Å². The smallest absolute Gasteiger partial charge is 0.233 e. The second kappa shape index (κ2) is 6.97. The molecule has 25 heavy (non-hydrogen) atoms. The maximum absolute atomic E-state index is 13.8. The molecule has 0 aliphatic heterocycles. The van der Waals surface area contributed by atoms with E-state index in [1.165, 1.54) is 35.7 Å². The highest BCUT2D eigenvalue weighted by molar-refractivity contribution is 7.16. The summed E-state index contributed by atoms with van der Waals surface area (Å²) in [6.45, 7) is 5.28. The molecule has 0 fully saturated rings. The first kappa shape index (κ1) is 17.6. The summed E-state index contributed by atoms with van der Waals surface area (Å²) in [5, 5.41) is 5.78. The molecule has 4 nitrogen and oxygen atoms in total. The molecule has 0 bridgehead atoms. The van der Waals surface area contributed by atoms with Crippen LogP contribution in [0.1, 0.15) is 29.1 Å². The summed E-state index contributed by atoms with van der Waals surface area (Å²) >= 11 is 2.79. The average molecular weight is 379 g/mol. The topological polar surface area (TPSA) is 54.9 Å². The molecule has 0 saturated heterocycles. The summed E-state index contributed by atoms with van der Waals surface area (Å²) in [7, 11) is 0. The lowest BCUT2D eigenvalue weighted by Crippen LogP contribution is -2.20. The second-order valence-corrected chi connectivity index (χ2v) is 7.59. The van der Waals surface area contributed by atoms with Crippen LogP contribution in [0.4, 0.5) is 13.9 Å². The zero-order valence-electron chi connectivity index (χ0n) is 13.8. The minimum atomic E-state index is -0.971. The number of benzene rings is 1. The van der Waals surface area contributed by atoms with E-state index in [1.807, 2.05) is 19.2 Å². The van der Waals surface area contributed by atoms with Gasteiger partial charge in [-0.05, 0) is 32.9 Å². The van der Waals surface area contributed by atoms with Gasteiger partial charge in [0.2, 0.25) is 5.91 Å². The van der Waals surface area contributed by atoms with Crippen LogP contribution in [-0.2, 0) is 4.79 Å². The van der Waals surface area contributed by atoms with E-state index in [-0.39, 0.29) is 5.56 Å². The third-order valence-electron chi connectivity index (χ3n) is 3.70. The first-order valence-corrected chi connectivity index (χ1v) is 9.21. The number of anilines is 1. The van der Waals surface area contributed by atoms with Crippen molar-refractivity contribution in [3.05, 3.63) is 51.5 Å². The van der Waals surface area contributed by atoms with E-state index in [0.717, 1.165) is 33.4 Å². The number of hydrogen-bond donors (Lipinski definition) is 1. The highest BCUT2D eigenvalue weighted by Crippen LogP contribution is 2.32. The summed E-state index contributed by atoms with van der Waals surface area (Å²) in [6.07, 6.45) is 0. The Bertz CT molecular complexity index is 916. The van der Waals surface area contributed by atoms with Crippen molar-refractivity contribution in [1.82, 2.24) is 9.97 Å². The summed E-state index contributed by atoms with van der Waals surface area (Å²) in [5.74, 6) is -2.96. The molecule has 1 aromatic carbocycles. The Morgan fingerprint density at radius 3 is 2.48 bits per heavy atom. The van der Waals surface area contributed by atoms with Gasteiger partial charge in [0, 0.05) is 10.9 Å². The van der Waals surface area contributed by atoms with Gasteiger partial charge in [-0.25, -0.2) is 18.7 Å². The molecule has 8 heteroatoms. The summed E-state index contributed by atoms with van der Waals surface area (Å²) in [5.41, 5.74) is 1.37. The molecule has 0 spiro atoms. The van der Waals surface area contributed by atoms with Gasteiger partial charge in [0.15, 0.2) is 5.13 Å². The summed E-state index contributed by atoms with van der Waals surface area (Å²) in [4.78, 5) is 22.0. The quantitative estimate of drug-likeness (QED) is 0.701. The van der Waals surface area contributed by atoms with E-state index in [4.69, 9.17) is 0 Å². The lowest BCUT2D eigenvalue weighted by molar-refractivity contribution is -0.117. The standard InChI is InChI=1S/C17H15F2N3OS2/c1-8(14-11(18)5-4-6-12(14)19)16(23)22-17-21-13(7-24-17)15-9(2)20-10(3)25-15/h4-8H,1-3H3,(H,21,22,23). The Kier molecular flexibility index (Phi) is 4.91. The fraction of sp³-hybridized carbons (Fsp3) is 0.235. The highest BCUT2D eigenvalue weighted by atomic mass is 32.1. The lowest BCUT2D eigenvalue weighted by atomic mass is 9.99. The van der Waals surface area contributed by atoms with Crippen molar-refractivity contribution in [3.63, 3.8) is 0 Å². The van der Waals surface area contributed by atoms with Gasteiger partial charge in [0.05, 0.1) is 27.2 Å². The van der Waals surface area contributed by atoms with Gasteiger partial charge in [0.25, 0.3) is 0 Å². The van der Waals surface area contributed by atoms with Crippen LogP contribution in [0.5, 0.6) is 0 Å². The van der Waals surface area contributed by atoms with Gasteiger partial charge in [-0.2, -0.15) is 0 Å². The largest absolute Gasteiger partial charge is 0.301 e. The molecule has 1 N–H and O–H groups in total. The molecule has 1 atom stereocenters. The SMILES string of the molecule is Cc1nc(C)c(-c2csc(NC(=O)C(C)c3c(F)cccc3F)n2)s1. The van der Waals surface area contributed by atoms with Gasteiger partial charge in [-0.1, -0.05) is 6.07 Å². The van der Waals surface area contributed by atoms with E-state index in [1.54, 1.807) is 0 Å². The number of carbonyl (C=O) groups excluding carboxylic acids is 1. The number of halogens is 2. The maximum Gasteiger partial charge on any atom is 0.233 e. The molecule has 2 heterocycles. The van der Waals surface area contributed by atoms with Gasteiger partial charge in [-0.3, -0.25) is 4.79 Å². The molecular weight excluding hydrogens is 364 g/mol. The minimum absolute atomic E-state index is 0.245. The van der Waals surface area contributed by atoms with Gasteiger partial charge in [0.1, 0.15) is 11.6 Å². The van der Waals surface area contributed by atoms with Crippen LogP contribution in [0.15, 0.2) is 23.6 Å². The first-order chi connectivity index (χ1) is 11.9. The molecule has 1 amide bonds. The Morgan fingerprint density at radius 1 is 1.20 bits per heavy atom. The molecule has 2 aromatic heterocycles. The molecule has 0 aliphatic rings. The number of carbonyl (C=O) groups is 1. The van der Waals surface area contributed by atoms with Crippen LogP contribution in [0.25, 0.3) is 10.6 Å². The Labute approximate surface area is 151 Å². The molecule has 0 saturated carbocycles. The monoisotopic (exact) mass is 379 g/mol. The second-order valence-electron chi connectivity index (χ2n) is 5.53. The number of hydrogen-bond acceptors (Lipinski definition) is 5. The van der Waals surface area contributed by atoms with E-state index in [2.05, 4.69) is 15.3 Å². The minimum Gasteiger partial charge on any atom is -0.301 e. The van der Waals surface area contributed by atoms with Crippen LogP contribution in [0.3, 0.4) is 0 Å². The maximum atomic E-state index is 13.8. The lowest BCUT2D eigenvalue weighted by Gasteiger charge is -2.12. The molecule has 0 radical (unpaired) electrons. The van der Waals surface area contributed by atoms with Crippen molar-refractivity contribution in [1.29, 1.82) is 0 Å². The third kappa shape index (κ3) is 3.59. The van der Waals surface area contributed by atoms with Crippen LogP contribution < -0.4 is 5.32 Å². The number of thiazole rings is 2. The van der Waals surface area contributed by atoms with E-state index < -0.39 is 23.5 Å². The molecule has 1 unspecified atom stereocenters. The van der Waals surface area contributed by atoms with E-state index in [9.17, 15) is 13.6 Å². The first-order valence-electron chi connectivity index (χ1n) is 7.51. The van der Waals surface area contributed by atoms with E-state index in [0.29, 0.717) is 5.13 Å². The normalized spacial score (nSPS) is 12.2. The summed E-state index contributed by atoms with van der Waals surface area (Å²) < 4.78 is 27.7. The van der Waals surface area contributed by atoms with Gasteiger partial charge in [-0.15, -0.1) is 22.7 Å². The van der Waals surface area contributed by atoms with Crippen molar-refractivity contribution in [2.75, 3.05) is 5.32 Å². The van der Waals surface area contributed by atoms with Crippen molar-refractivity contribution >= 4 is 33.7 Å².